The molecule has 1 aliphatic rings. The van der Waals surface area contributed by atoms with Gasteiger partial charge in [-0.1, -0.05) is 60.7 Å². The predicted octanol–water partition coefficient (Wildman–Crippen LogP) is 5.64. The molecule has 4 rings (SSSR count). The van der Waals surface area contributed by atoms with E-state index in [1.54, 1.807) is 18.2 Å². The molecule has 150 valence electrons. The summed E-state index contributed by atoms with van der Waals surface area (Å²) >= 11 is 0.891. The smallest absolute Gasteiger partial charge is 0.293 e. The molecule has 3 aromatic rings. The Balaban J connectivity index is 1.51. The molecule has 0 radical (unpaired) electrons. The minimum Gasteiger partial charge on any atom is -0.488 e. The number of nitrogens with zero attached hydrogens (tertiary/aromatic N) is 1. The summed E-state index contributed by atoms with van der Waals surface area (Å²) < 4.78 is 19.0. The van der Waals surface area contributed by atoms with Crippen molar-refractivity contribution < 1.29 is 18.7 Å². The van der Waals surface area contributed by atoms with E-state index in [-0.39, 0.29) is 23.5 Å². The summed E-state index contributed by atoms with van der Waals surface area (Å²) in [6, 6.07) is 22.9. The third-order valence-electron chi connectivity index (χ3n) is 4.57. The summed E-state index contributed by atoms with van der Waals surface area (Å²) in [6.45, 7) is 0.506. The number of rotatable bonds is 6. The van der Waals surface area contributed by atoms with Crippen LogP contribution in [-0.4, -0.2) is 16.0 Å². The number of thioether (sulfide) groups is 1. The SMILES string of the molecule is O=C1SC(=Cc2ccccc2OCc2ccccc2)C(=O)N1Cc1ccc(F)cc1. The maximum atomic E-state index is 13.1. The van der Waals surface area contributed by atoms with Crippen LogP contribution in [0.3, 0.4) is 0 Å². The van der Waals surface area contributed by atoms with Crippen molar-refractivity contribution >= 4 is 29.0 Å². The van der Waals surface area contributed by atoms with Gasteiger partial charge < -0.3 is 4.74 Å². The molecule has 2 amide bonds. The van der Waals surface area contributed by atoms with E-state index >= 15 is 0 Å². The third-order valence-corrected chi connectivity index (χ3v) is 5.48. The van der Waals surface area contributed by atoms with E-state index in [9.17, 15) is 14.0 Å². The molecule has 30 heavy (non-hydrogen) atoms. The zero-order valence-corrected chi connectivity index (χ0v) is 16.8. The van der Waals surface area contributed by atoms with E-state index in [1.165, 1.54) is 12.1 Å². The minimum absolute atomic E-state index is 0.106. The van der Waals surface area contributed by atoms with Crippen LogP contribution >= 0.6 is 11.8 Å². The van der Waals surface area contributed by atoms with Gasteiger partial charge in [-0.15, -0.1) is 0 Å². The molecule has 4 nitrogen and oxygen atoms in total. The van der Waals surface area contributed by atoms with Crippen LogP contribution in [-0.2, 0) is 17.9 Å². The van der Waals surface area contributed by atoms with E-state index in [4.69, 9.17) is 4.74 Å². The van der Waals surface area contributed by atoms with Gasteiger partial charge in [-0.05, 0) is 47.2 Å². The Morgan fingerprint density at radius 1 is 0.867 bits per heavy atom. The summed E-state index contributed by atoms with van der Waals surface area (Å²) in [6.07, 6.45) is 1.68. The molecule has 0 atom stereocenters. The zero-order valence-electron chi connectivity index (χ0n) is 16.0. The molecule has 0 N–H and O–H groups in total. The number of amides is 2. The minimum atomic E-state index is -0.368. The Hall–Kier alpha value is -3.38. The maximum absolute atomic E-state index is 13.1. The highest BCUT2D eigenvalue weighted by Gasteiger charge is 2.35. The molecule has 0 unspecified atom stereocenters. The van der Waals surface area contributed by atoms with Crippen LogP contribution in [0, 0.1) is 5.82 Å². The number of hydrogen-bond donors (Lipinski definition) is 0. The lowest BCUT2D eigenvalue weighted by molar-refractivity contribution is -0.123. The molecule has 0 aliphatic carbocycles. The fourth-order valence-electron chi connectivity index (χ4n) is 3.02. The van der Waals surface area contributed by atoms with Crippen LogP contribution < -0.4 is 4.74 Å². The molecule has 1 aliphatic heterocycles. The van der Waals surface area contributed by atoms with Crippen molar-refractivity contribution in [3.05, 3.63) is 106 Å². The van der Waals surface area contributed by atoms with Crippen LogP contribution in [0.1, 0.15) is 16.7 Å². The second-order valence-corrected chi connectivity index (χ2v) is 7.70. The monoisotopic (exact) mass is 419 g/mol. The largest absolute Gasteiger partial charge is 0.488 e. The maximum Gasteiger partial charge on any atom is 0.293 e. The highest BCUT2D eigenvalue weighted by Crippen LogP contribution is 2.35. The number of imide groups is 1. The Morgan fingerprint density at radius 2 is 1.57 bits per heavy atom. The highest BCUT2D eigenvalue weighted by molar-refractivity contribution is 8.18. The van der Waals surface area contributed by atoms with Gasteiger partial charge in [0.25, 0.3) is 11.1 Å². The van der Waals surface area contributed by atoms with Gasteiger partial charge in [0.2, 0.25) is 0 Å². The Morgan fingerprint density at radius 3 is 2.33 bits per heavy atom. The number of hydrogen-bond acceptors (Lipinski definition) is 4. The lowest BCUT2D eigenvalue weighted by Gasteiger charge is -2.12. The van der Waals surface area contributed by atoms with Crippen LogP contribution in [0.5, 0.6) is 5.75 Å². The van der Waals surface area contributed by atoms with E-state index in [0.717, 1.165) is 27.8 Å². The highest BCUT2D eigenvalue weighted by atomic mass is 32.2. The first-order valence-corrected chi connectivity index (χ1v) is 10.2. The molecular weight excluding hydrogens is 401 g/mol. The van der Waals surface area contributed by atoms with Crippen LogP contribution in [0.15, 0.2) is 83.8 Å². The first kappa shape index (κ1) is 19.9. The molecule has 0 spiro atoms. The first-order valence-electron chi connectivity index (χ1n) is 9.36. The van der Waals surface area contributed by atoms with Gasteiger partial charge in [0, 0.05) is 5.56 Å². The van der Waals surface area contributed by atoms with Crippen molar-refractivity contribution in [3.63, 3.8) is 0 Å². The molecule has 1 fully saturated rings. The number of para-hydroxylation sites is 1. The Labute approximate surface area is 178 Å². The predicted molar refractivity (Wildman–Crippen MR) is 115 cm³/mol. The van der Waals surface area contributed by atoms with Crippen LogP contribution in [0.4, 0.5) is 9.18 Å². The van der Waals surface area contributed by atoms with Crippen molar-refractivity contribution in [2.24, 2.45) is 0 Å². The molecule has 0 bridgehead atoms. The van der Waals surface area contributed by atoms with E-state index in [2.05, 4.69) is 0 Å². The quantitative estimate of drug-likeness (QED) is 0.485. The van der Waals surface area contributed by atoms with Crippen molar-refractivity contribution in [2.45, 2.75) is 13.2 Å². The summed E-state index contributed by atoms with van der Waals surface area (Å²) in [5.74, 6) is -0.0984. The van der Waals surface area contributed by atoms with Gasteiger partial charge in [0.05, 0.1) is 11.4 Å². The normalized spacial score (nSPS) is 15.1. The summed E-state index contributed by atoms with van der Waals surface area (Å²) in [5.41, 5.74) is 2.44. The second kappa shape index (κ2) is 8.97. The second-order valence-electron chi connectivity index (χ2n) is 6.71. The molecule has 3 aromatic carbocycles. The van der Waals surface area contributed by atoms with Crippen molar-refractivity contribution in [2.75, 3.05) is 0 Å². The average molecular weight is 419 g/mol. The van der Waals surface area contributed by atoms with Gasteiger partial charge in [-0.2, -0.15) is 0 Å². The van der Waals surface area contributed by atoms with E-state index in [1.807, 2.05) is 54.6 Å². The molecule has 1 saturated heterocycles. The third kappa shape index (κ3) is 4.60. The fraction of sp³-hybridized carbons (Fsp3) is 0.0833. The lowest BCUT2D eigenvalue weighted by atomic mass is 10.1. The zero-order chi connectivity index (χ0) is 20.9. The summed E-state index contributed by atoms with van der Waals surface area (Å²) in [4.78, 5) is 26.7. The Bertz CT molecular complexity index is 1100. The Kier molecular flexibility index (Phi) is 5.95. The molecule has 6 heteroatoms. The topological polar surface area (TPSA) is 46.6 Å². The fourth-order valence-corrected chi connectivity index (χ4v) is 3.85. The molecular formula is C24H18FNO3S. The van der Waals surface area contributed by atoms with Gasteiger partial charge >= 0.3 is 0 Å². The number of benzene rings is 3. The van der Waals surface area contributed by atoms with Crippen molar-refractivity contribution in [3.8, 4) is 5.75 Å². The van der Waals surface area contributed by atoms with Crippen molar-refractivity contribution in [1.29, 1.82) is 0 Å². The standard InChI is InChI=1S/C24H18FNO3S/c25-20-12-10-17(11-13-20)15-26-23(27)22(30-24(26)28)14-19-8-4-5-9-21(19)29-16-18-6-2-1-3-7-18/h1-14H,15-16H2. The summed E-state index contributed by atoms with van der Waals surface area (Å²) in [5, 5.41) is -0.349. The van der Waals surface area contributed by atoms with Gasteiger partial charge in [0.15, 0.2) is 0 Å². The lowest BCUT2D eigenvalue weighted by Crippen LogP contribution is -2.27. The van der Waals surface area contributed by atoms with Gasteiger partial charge in [-0.3, -0.25) is 14.5 Å². The first-order chi connectivity index (χ1) is 14.6. The number of carbonyl (C=O) groups is 2. The molecule has 1 heterocycles. The average Bonchev–Trinajstić information content (AvgIpc) is 3.03. The summed E-state index contributed by atoms with van der Waals surface area (Å²) in [7, 11) is 0. The van der Waals surface area contributed by atoms with Gasteiger partial charge in [-0.25, -0.2) is 4.39 Å². The van der Waals surface area contributed by atoms with E-state index < -0.39 is 0 Å². The number of ether oxygens (including phenoxy) is 1. The van der Waals surface area contributed by atoms with E-state index in [0.29, 0.717) is 22.8 Å². The number of halogens is 1. The number of carbonyl (C=O) groups excluding carboxylic acids is 2. The van der Waals surface area contributed by atoms with Crippen LogP contribution in [0.2, 0.25) is 0 Å². The van der Waals surface area contributed by atoms with Gasteiger partial charge in [0.1, 0.15) is 18.2 Å². The molecule has 0 aromatic heterocycles. The van der Waals surface area contributed by atoms with Crippen molar-refractivity contribution in [1.82, 2.24) is 4.90 Å². The molecule has 0 saturated carbocycles. The van der Waals surface area contributed by atoms with Crippen LogP contribution in [0.25, 0.3) is 6.08 Å².